The maximum Gasteiger partial charge on any atom is 0.242 e. The van der Waals surface area contributed by atoms with Gasteiger partial charge in [0, 0.05) is 42.7 Å². The van der Waals surface area contributed by atoms with Crippen molar-refractivity contribution in [1.82, 2.24) is 14.8 Å². The molecule has 0 atom stereocenters. The number of nitrogens with zero attached hydrogens (tertiary/aromatic N) is 2. The predicted octanol–water partition coefficient (Wildman–Crippen LogP) is 5.94. The van der Waals surface area contributed by atoms with Crippen LogP contribution in [0.1, 0.15) is 37.8 Å². The number of para-hydroxylation sites is 1. The molecule has 180 valence electrons. The second kappa shape index (κ2) is 10.8. The largest absolute Gasteiger partial charge is 0.361 e. The summed E-state index contributed by atoms with van der Waals surface area (Å²) in [6.07, 6.45) is 4.57. The van der Waals surface area contributed by atoms with Gasteiger partial charge in [0.25, 0.3) is 0 Å². The van der Waals surface area contributed by atoms with Gasteiger partial charge >= 0.3 is 0 Å². The van der Waals surface area contributed by atoms with Crippen molar-refractivity contribution in [1.29, 1.82) is 0 Å². The molecule has 5 nitrogen and oxygen atoms in total. The van der Waals surface area contributed by atoms with Crippen LogP contribution in [0.25, 0.3) is 10.9 Å². The average molecular weight is 500 g/mol. The van der Waals surface area contributed by atoms with Crippen LogP contribution in [0.15, 0.2) is 48.7 Å². The third-order valence-corrected chi connectivity index (χ3v) is 6.93. The minimum absolute atomic E-state index is 0.0550. The van der Waals surface area contributed by atoms with Gasteiger partial charge in [-0.25, -0.2) is 0 Å². The van der Waals surface area contributed by atoms with Crippen LogP contribution in [0.3, 0.4) is 0 Å². The summed E-state index contributed by atoms with van der Waals surface area (Å²) in [5.74, 6) is 0.431. The number of rotatable bonds is 10. The third-order valence-electron chi connectivity index (χ3n) is 6.19. The number of fused-ring (bicyclic) bond motifs is 1. The minimum atomic E-state index is -0.0550. The Labute approximate surface area is 211 Å². The fourth-order valence-corrected chi connectivity index (χ4v) is 4.59. The Hall–Kier alpha value is -2.50. The summed E-state index contributed by atoms with van der Waals surface area (Å²) in [6, 6.07) is 13.6. The summed E-state index contributed by atoms with van der Waals surface area (Å²) in [5.41, 5.74) is 3.15. The van der Waals surface area contributed by atoms with Crippen LogP contribution < -0.4 is 0 Å². The Morgan fingerprint density at radius 1 is 1.06 bits per heavy atom. The van der Waals surface area contributed by atoms with Crippen molar-refractivity contribution in [2.75, 3.05) is 19.6 Å². The number of amides is 2. The van der Waals surface area contributed by atoms with E-state index in [4.69, 9.17) is 23.2 Å². The molecule has 1 aromatic heterocycles. The Kier molecular flexibility index (Phi) is 7.84. The lowest BCUT2D eigenvalue weighted by molar-refractivity contribution is -0.142. The zero-order valence-electron chi connectivity index (χ0n) is 19.7. The highest BCUT2D eigenvalue weighted by atomic mass is 35.5. The molecule has 4 rings (SSSR count). The molecule has 1 fully saturated rings. The van der Waals surface area contributed by atoms with Crippen LogP contribution in [-0.2, 0) is 22.6 Å². The molecule has 0 aliphatic heterocycles. The fraction of sp³-hybridized carbons (Fsp3) is 0.407. The van der Waals surface area contributed by atoms with Gasteiger partial charge in [-0.1, -0.05) is 61.3 Å². The molecule has 1 N–H and O–H groups in total. The van der Waals surface area contributed by atoms with Crippen molar-refractivity contribution >= 4 is 45.9 Å². The molecule has 2 aromatic carbocycles. The highest BCUT2D eigenvalue weighted by Gasteiger charge is 2.34. The minimum Gasteiger partial charge on any atom is -0.361 e. The zero-order valence-corrected chi connectivity index (χ0v) is 21.2. The molecule has 2 amide bonds. The van der Waals surface area contributed by atoms with E-state index in [1.807, 2.05) is 35.4 Å². The quantitative estimate of drug-likeness (QED) is 0.375. The maximum absolute atomic E-state index is 13.5. The number of hydrogen-bond acceptors (Lipinski definition) is 2. The van der Waals surface area contributed by atoms with Gasteiger partial charge in [0.05, 0.1) is 16.6 Å². The van der Waals surface area contributed by atoms with E-state index in [1.165, 1.54) is 0 Å². The SMILES string of the molecule is CC(C)CN(CC(=O)N(CCc1c[nH]c2ccccc12)Cc1ccc(Cl)c(Cl)c1)C(=O)C1CC1. The molecule has 0 radical (unpaired) electrons. The number of aromatic amines is 1. The van der Waals surface area contributed by atoms with E-state index in [0.717, 1.165) is 34.9 Å². The molecule has 1 heterocycles. The van der Waals surface area contributed by atoms with E-state index in [9.17, 15) is 9.59 Å². The average Bonchev–Trinajstić information content (AvgIpc) is 3.58. The molecule has 0 spiro atoms. The van der Waals surface area contributed by atoms with Crippen LogP contribution in [0.4, 0.5) is 0 Å². The van der Waals surface area contributed by atoms with E-state index in [-0.39, 0.29) is 24.3 Å². The van der Waals surface area contributed by atoms with Gasteiger partial charge < -0.3 is 14.8 Å². The molecular weight excluding hydrogens is 469 g/mol. The lowest BCUT2D eigenvalue weighted by Crippen LogP contribution is -2.45. The summed E-state index contributed by atoms with van der Waals surface area (Å²) in [6.45, 7) is 5.77. The van der Waals surface area contributed by atoms with Crippen molar-refractivity contribution < 1.29 is 9.59 Å². The molecule has 1 saturated carbocycles. The Balaban J connectivity index is 1.53. The lowest BCUT2D eigenvalue weighted by Gasteiger charge is -2.29. The van der Waals surface area contributed by atoms with Crippen LogP contribution in [0.2, 0.25) is 10.0 Å². The molecule has 34 heavy (non-hydrogen) atoms. The number of benzene rings is 2. The number of nitrogens with one attached hydrogen (secondary N) is 1. The zero-order chi connectivity index (χ0) is 24.2. The third kappa shape index (κ3) is 6.13. The van der Waals surface area contributed by atoms with E-state index in [1.54, 1.807) is 17.0 Å². The highest BCUT2D eigenvalue weighted by Crippen LogP contribution is 2.31. The first-order valence-electron chi connectivity index (χ1n) is 11.9. The Morgan fingerprint density at radius 3 is 2.53 bits per heavy atom. The highest BCUT2D eigenvalue weighted by molar-refractivity contribution is 6.42. The first-order valence-corrected chi connectivity index (χ1v) is 12.6. The number of carbonyl (C=O) groups excluding carboxylic acids is 2. The molecular formula is C27H31Cl2N3O2. The van der Waals surface area contributed by atoms with Crippen LogP contribution >= 0.6 is 23.2 Å². The first-order chi connectivity index (χ1) is 16.3. The van der Waals surface area contributed by atoms with Crippen LogP contribution in [0.5, 0.6) is 0 Å². The molecule has 0 unspecified atom stereocenters. The van der Waals surface area contributed by atoms with Gasteiger partial charge in [0.2, 0.25) is 11.8 Å². The molecule has 0 saturated heterocycles. The fourth-order valence-electron chi connectivity index (χ4n) is 4.27. The van der Waals surface area contributed by atoms with Crippen molar-refractivity contribution in [3.8, 4) is 0 Å². The van der Waals surface area contributed by atoms with E-state index in [2.05, 4.69) is 24.9 Å². The number of aromatic nitrogens is 1. The van der Waals surface area contributed by atoms with Crippen LogP contribution in [0, 0.1) is 11.8 Å². The van der Waals surface area contributed by atoms with Gasteiger partial charge in [0.1, 0.15) is 0 Å². The Bertz CT molecular complexity index is 1170. The topological polar surface area (TPSA) is 56.4 Å². The predicted molar refractivity (Wildman–Crippen MR) is 138 cm³/mol. The molecule has 3 aromatic rings. The van der Waals surface area contributed by atoms with Crippen LogP contribution in [-0.4, -0.2) is 46.2 Å². The van der Waals surface area contributed by atoms with Crippen molar-refractivity contribution in [2.24, 2.45) is 11.8 Å². The number of halogens is 2. The molecule has 1 aliphatic rings. The van der Waals surface area contributed by atoms with Gasteiger partial charge in [-0.2, -0.15) is 0 Å². The van der Waals surface area contributed by atoms with Crippen molar-refractivity contribution in [3.05, 3.63) is 69.8 Å². The summed E-state index contributed by atoms with van der Waals surface area (Å²) in [7, 11) is 0. The standard InChI is InChI=1S/C27H31Cl2N3O2/c1-18(2)15-32(27(34)20-8-9-20)17-26(33)31(16-19-7-10-23(28)24(29)13-19)12-11-21-14-30-25-6-4-3-5-22(21)25/h3-7,10,13-14,18,20,30H,8-9,11-12,15-17H2,1-2H3. The monoisotopic (exact) mass is 499 g/mol. The van der Waals surface area contributed by atoms with Gasteiger partial charge in [-0.15, -0.1) is 0 Å². The number of H-pyrrole nitrogens is 1. The second-order valence-electron chi connectivity index (χ2n) is 9.56. The van der Waals surface area contributed by atoms with E-state index >= 15 is 0 Å². The maximum atomic E-state index is 13.5. The molecule has 7 heteroatoms. The smallest absolute Gasteiger partial charge is 0.242 e. The van der Waals surface area contributed by atoms with Gasteiger partial charge in [0.15, 0.2) is 0 Å². The second-order valence-corrected chi connectivity index (χ2v) is 10.4. The summed E-state index contributed by atoms with van der Waals surface area (Å²) in [5, 5.41) is 2.11. The molecule has 0 bridgehead atoms. The van der Waals surface area contributed by atoms with Gasteiger partial charge in [-0.3, -0.25) is 9.59 Å². The Morgan fingerprint density at radius 2 is 1.82 bits per heavy atom. The number of hydrogen-bond donors (Lipinski definition) is 1. The number of carbonyl (C=O) groups is 2. The lowest BCUT2D eigenvalue weighted by atomic mass is 10.1. The summed E-state index contributed by atoms with van der Waals surface area (Å²) < 4.78 is 0. The normalized spacial score (nSPS) is 13.4. The van der Waals surface area contributed by atoms with E-state index in [0.29, 0.717) is 42.0 Å². The van der Waals surface area contributed by atoms with Gasteiger partial charge in [-0.05, 0) is 54.5 Å². The summed E-state index contributed by atoms with van der Waals surface area (Å²) >= 11 is 12.3. The summed E-state index contributed by atoms with van der Waals surface area (Å²) in [4.78, 5) is 33.3. The van der Waals surface area contributed by atoms with Crippen molar-refractivity contribution in [3.63, 3.8) is 0 Å². The molecule has 1 aliphatic carbocycles. The van der Waals surface area contributed by atoms with Crippen molar-refractivity contribution in [2.45, 2.75) is 39.7 Å². The first kappa shape index (κ1) is 24.6. The van der Waals surface area contributed by atoms with E-state index < -0.39 is 0 Å².